The molecular formula is C11H11NO3. The maximum Gasteiger partial charge on any atom is 0.320 e. The zero-order valence-electron chi connectivity index (χ0n) is 8.05. The lowest BCUT2D eigenvalue weighted by molar-refractivity contribution is -0.141. The van der Waals surface area contributed by atoms with E-state index in [4.69, 9.17) is 15.2 Å². The SMILES string of the molecule is NC(=O)C1OC=C(Cc2ccccc2)O1. The summed E-state index contributed by atoms with van der Waals surface area (Å²) < 4.78 is 10.1. The van der Waals surface area contributed by atoms with Crippen molar-refractivity contribution < 1.29 is 14.3 Å². The summed E-state index contributed by atoms with van der Waals surface area (Å²) in [7, 11) is 0. The van der Waals surface area contributed by atoms with Crippen LogP contribution in [0, 0.1) is 0 Å². The molecule has 1 aliphatic heterocycles. The second kappa shape index (κ2) is 4.04. The summed E-state index contributed by atoms with van der Waals surface area (Å²) >= 11 is 0. The Labute approximate surface area is 87.3 Å². The van der Waals surface area contributed by atoms with Gasteiger partial charge in [0.05, 0.1) is 0 Å². The molecule has 1 unspecified atom stereocenters. The first-order valence-electron chi connectivity index (χ1n) is 4.60. The first-order valence-corrected chi connectivity index (χ1v) is 4.60. The molecule has 0 aromatic heterocycles. The summed E-state index contributed by atoms with van der Waals surface area (Å²) in [4.78, 5) is 10.7. The van der Waals surface area contributed by atoms with Gasteiger partial charge in [-0.2, -0.15) is 0 Å². The minimum Gasteiger partial charge on any atom is -0.451 e. The van der Waals surface area contributed by atoms with E-state index in [0.717, 1.165) is 5.56 Å². The topological polar surface area (TPSA) is 61.6 Å². The second-order valence-electron chi connectivity index (χ2n) is 3.23. The number of amides is 1. The fourth-order valence-electron chi connectivity index (χ4n) is 1.34. The Bertz CT molecular complexity index is 386. The predicted molar refractivity (Wildman–Crippen MR) is 53.4 cm³/mol. The van der Waals surface area contributed by atoms with Gasteiger partial charge in [0, 0.05) is 6.42 Å². The molecule has 1 aliphatic rings. The van der Waals surface area contributed by atoms with Gasteiger partial charge in [-0.1, -0.05) is 30.3 Å². The van der Waals surface area contributed by atoms with E-state index in [1.807, 2.05) is 30.3 Å². The number of hydrogen-bond donors (Lipinski definition) is 1. The molecule has 0 aliphatic carbocycles. The minimum absolute atomic E-state index is 0.602. The van der Waals surface area contributed by atoms with Crippen molar-refractivity contribution in [3.63, 3.8) is 0 Å². The van der Waals surface area contributed by atoms with Gasteiger partial charge in [-0.05, 0) is 5.56 Å². The third-order valence-electron chi connectivity index (χ3n) is 2.03. The van der Waals surface area contributed by atoms with E-state index in [2.05, 4.69) is 0 Å². The number of ether oxygens (including phenoxy) is 2. The van der Waals surface area contributed by atoms with E-state index in [1.54, 1.807) is 0 Å². The second-order valence-corrected chi connectivity index (χ2v) is 3.23. The monoisotopic (exact) mass is 205 g/mol. The van der Waals surface area contributed by atoms with Crippen LogP contribution in [0.2, 0.25) is 0 Å². The molecule has 0 spiro atoms. The van der Waals surface area contributed by atoms with E-state index < -0.39 is 12.2 Å². The van der Waals surface area contributed by atoms with Gasteiger partial charge in [0.25, 0.3) is 5.91 Å². The summed E-state index contributed by atoms with van der Waals surface area (Å²) in [6.07, 6.45) is 1.07. The highest BCUT2D eigenvalue weighted by molar-refractivity contribution is 5.77. The molecule has 78 valence electrons. The van der Waals surface area contributed by atoms with Crippen molar-refractivity contribution in [3.8, 4) is 0 Å². The Morgan fingerprint density at radius 3 is 2.67 bits per heavy atom. The average Bonchev–Trinajstić information content (AvgIpc) is 2.68. The number of primary amides is 1. The number of benzene rings is 1. The Morgan fingerprint density at radius 1 is 1.33 bits per heavy atom. The molecule has 15 heavy (non-hydrogen) atoms. The maximum absolute atomic E-state index is 10.7. The Kier molecular flexibility index (Phi) is 2.58. The van der Waals surface area contributed by atoms with Crippen LogP contribution < -0.4 is 5.73 Å². The van der Waals surface area contributed by atoms with Crippen LogP contribution in [-0.4, -0.2) is 12.2 Å². The molecule has 2 N–H and O–H groups in total. The Hall–Kier alpha value is -1.97. The number of carbonyl (C=O) groups is 1. The summed E-state index contributed by atoms with van der Waals surface area (Å²) in [6, 6.07) is 9.77. The van der Waals surface area contributed by atoms with Crippen molar-refractivity contribution in [2.24, 2.45) is 5.73 Å². The van der Waals surface area contributed by atoms with Gasteiger partial charge >= 0.3 is 6.29 Å². The lowest BCUT2D eigenvalue weighted by Crippen LogP contribution is -2.29. The molecule has 0 bridgehead atoms. The molecule has 1 aromatic carbocycles. The number of carbonyl (C=O) groups excluding carboxylic acids is 1. The molecular weight excluding hydrogens is 194 g/mol. The number of hydrogen-bond acceptors (Lipinski definition) is 3. The molecule has 2 rings (SSSR count). The molecule has 0 saturated heterocycles. The lowest BCUT2D eigenvalue weighted by Gasteiger charge is -2.07. The largest absolute Gasteiger partial charge is 0.451 e. The van der Waals surface area contributed by atoms with Gasteiger partial charge < -0.3 is 15.2 Å². The average molecular weight is 205 g/mol. The number of allylic oxidation sites excluding steroid dienone is 1. The van der Waals surface area contributed by atoms with Gasteiger partial charge in [-0.25, -0.2) is 0 Å². The van der Waals surface area contributed by atoms with Gasteiger partial charge in [-0.15, -0.1) is 0 Å². The van der Waals surface area contributed by atoms with Crippen molar-refractivity contribution in [1.29, 1.82) is 0 Å². The van der Waals surface area contributed by atoms with Crippen molar-refractivity contribution in [2.75, 3.05) is 0 Å². The fourth-order valence-corrected chi connectivity index (χ4v) is 1.34. The van der Waals surface area contributed by atoms with Gasteiger partial charge in [0.15, 0.2) is 0 Å². The smallest absolute Gasteiger partial charge is 0.320 e. The van der Waals surface area contributed by atoms with Crippen LogP contribution in [0.3, 0.4) is 0 Å². The zero-order valence-corrected chi connectivity index (χ0v) is 8.05. The van der Waals surface area contributed by atoms with Crippen molar-refractivity contribution in [1.82, 2.24) is 0 Å². The van der Waals surface area contributed by atoms with Gasteiger partial charge in [0.2, 0.25) is 0 Å². The van der Waals surface area contributed by atoms with Crippen LogP contribution in [-0.2, 0) is 20.7 Å². The Morgan fingerprint density at radius 2 is 2.07 bits per heavy atom. The van der Waals surface area contributed by atoms with E-state index >= 15 is 0 Å². The number of rotatable bonds is 3. The minimum atomic E-state index is -0.969. The first kappa shape index (κ1) is 9.58. The third-order valence-corrected chi connectivity index (χ3v) is 2.03. The van der Waals surface area contributed by atoms with Crippen LogP contribution in [0.5, 0.6) is 0 Å². The van der Waals surface area contributed by atoms with Crippen molar-refractivity contribution in [3.05, 3.63) is 47.9 Å². The molecule has 0 radical (unpaired) electrons. The van der Waals surface area contributed by atoms with E-state index in [-0.39, 0.29) is 0 Å². The normalized spacial score (nSPS) is 18.9. The summed E-state index contributed by atoms with van der Waals surface area (Å²) in [5.41, 5.74) is 6.13. The highest BCUT2D eigenvalue weighted by Crippen LogP contribution is 2.18. The van der Waals surface area contributed by atoms with Crippen LogP contribution in [0.15, 0.2) is 42.4 Å². The molecule has 1 amide bonds. The van der Waals surface area contributed by atoms with E-state index in [0.29, 0.717) is 12.2 Å². The van der Waals surface area contributed by atoms with Crippen molar-refractivity contribution >= 4 is 5.91 Å². The van der Waals surface area contributed by atoms with Crippen LogP contribution in [0.1, 0.15) is 5.56 Å². The third kappa shape index (κ3) is 2.28. The maximum atomic E-state index is 10.7. The molecule has 1 aromatic rings. The predicted octanol–water partition coefficient (Wildman–Crippen LogP) is 0.929. The summed E-state index contributed by atoms with van der Waals surface area (Å²) in [5, 5.41) is 0. The zero-order chi connectivity index (χ0) is 10.7. The van der Waals surface area contributed by atoms with Crippen LogP contribution in [0.4, 0.5) is 0 Å². The lowest BCUT2D eigenvalue weighted by atomic mass is 10.1. The van der Waals surface area contributed by atoms with Gasteiger partial charge in [0.1, 0.15) is 12.0 Å². The molecule has 1 atom stereocenters. The molecule has 1 heterocycles. The highest BCUT2D eigenvalue weighted by atomic mass is 16.7. The summed E-state index contributed by atoms with van der Waals surface area (Å²) in [5.74, 6) is -0.000637. The number of nitrogens with two attached hydrogens (primary N) is 1. The summed E-state index contributed by atoms with van der Waals surface area (Å²) in [6.45, 7) is 0. The standard InChI is InChI=1S/C11H11NO3/c12-10(13)11-14-7-9(15-11)6-8-4-2-1-3-5-8/h1-5,7,11H,6H2,(H2,12,13). The van der Waals surface area contributed by atoms with Crippen molar-refractivity contribution in [2.45, 2.75) is 12.7 Å². The van der Waals surface area contributed by atoms with Crippen LogP contribution in [0.25, 0.3) is 0 Å². The fraction of sp³-hybridized carbons (Fsp3) is 0.182. The molecule has 0 saturated carbocycles. The van der Waals surface area contributed by atoms with Gasteiger partial charge in [-0.3, -0.25) is 4.79 Å². The van der Waals surface area contributed by atoms with E-state index in [1.165, 1.54) is 6.26 Å². The quantitative estimate of drug-likeness (QED) is 0.798. The first-order chi connectivity index (χ1) is 7.25. The van der Waals surface area contributed by atoms with Crippen LogP contribution >= 0.6 is 0 Å². The Balaban J connectivity index is 1.96. The molecule has 0 fully saturated rings. The molecule has 4 heteroatoms. The van der Waals surface area contributed by atoms with E-state index in [9.17, 15) is 4.79 Å². The highest BCUT2D eigenvalue weighted by Gasteiger charge is 2.24. The molecule has 4 nitrogen and oxygen atoms in total.